The molecule has 1 aliphatic carbocycles. The lowest BCUT2D eigenvalue weighted by molar-refractivity contribution is 0.324. The number of H-pyrrole nitrogens is 1. The van der Waals surface area contributed by atoms with E-state index in [1.165, 1.54) is 18.5 Å². The third-order valence-corrected chi connectivity index (χ3v) is 6.34. The maximum absolute atomic E-state index is 12.3. The zero-order valence-corrected chi connectivity index (χ0v) is 16.5. The first-order chi connectivity index (χ1) is 13.4. The largest absolute Gasteiger partial charge is 0.507 e. The van der Waals surface area contributed by atoms with Crippen LogP contribution in [0.5, 0.6) is 11.5 Å². The van der Waals surface area contributed by atoms with Gasteiger partial charge in [0, 0.05) is 53.8 Å². The van der Waals surface area contributed by atoms with E-state index in [0.29, 0.717) is 24.3 Å². The summed E-state index contributed by atoms with van der Waals surface area (Å²) in [5.41, 5.74) is 4.91. The van der Waals surface area contributed by atoms with E-state index in [-0.39, 0.29) is 16.8 Å². The van der Waals surface area contributed by atoms with Crippen LogP contribution in [-0.2, 0) is 20.0 Å². The molecular formula is C22H25N3O3. The molecule has 0 amide bonds. The minimum absolute atomic E-state index is 0.0749. The number of fused-ring (bicyclic) bond motifs is 4. The van der Waals surface area contributed by atoms with Crippen molar-refractivity contribution in [2.45, 2.75) is 45.2 Å². The van der Waals surface area contributed by atoms with E-state index in [1.54, 1.807) is 6.92 Å². The summed E-state index contributed by atoms with van der Waals surface area (Å²) >= 11 is 0. The Balaban J connectivity index is 1.65. The average Bonchev–Trinajstić information content (AvgIpc) is 3.37. The Morgan fingerprint density at radius 1 is 1.32 bits per heavy atom. The smallest absolute Gasteiger partial charge is 0.255 e. The minimum Gasteiger partial charge on any atom is -0.507 e. The quantitative estimate of drug-likeness (QED) is 0.653. The van der Waals surface area contributed by atoms with E-state index in [1.807, 2.05) is 6.07 Å². The molecule has 1 aliphatic heterocycles. The van der Waals surface area contributed by atoms with Crippen LogP contribution in [0.3, 0.4) is 0 Å². The van der Waals surface area contributed by atoms with Crippen molar-refractivity contribution in [1.82, 2.24) is 14.9 Å². The number of pyridine rings is 1. The van der Waals surface area contributed by atoms with Gasteiger partial charge in [0.25, 0.3) is 5.56 Å². The van der Waals surface area contributed by atoms with E-state index in [9.17, 15) is 9.90 Å². The predicted molar refractivity (Wildman–Crippen MR) is 109 cm³/mol. The van der Waals surface area contributed by atoms with Gasteiger partial charge in [-0.15, -0.1) is 0 Å². The molecule has 1 saturated carbocycles. The van der Waals surface area contributed by atoms with Crippen LogP contribution >= 0.6 is 0 Å². The van der Waals surface area contributed by atoms with Gasteiger partial charge in [-0.3, -0.25) is 4.79 Å². The van der Waals surface area contributed by atoms with Gasteiger partial charge in [-0.1, -0.05) is 0 Å². The van der Waals surface area contributed by atoms with Gasteiger partial charge >= 0.3 is 0 Å². The summed E-state index contributed by atoms with van der Waals surface area (Å²) < 4.78 is 8.19. The van der Waals surface area contributed by atoms with Crippen LogP contribution in [-0.4, -0.2) is 26.8 Å². The molecule has 3 N–H and O–H groups in total. The lowest BCUT2D eigenvalue weighted by Gasteiger charge is -2.12. The molecule has 6 nitrogen and oxygen atoms in total. The van der Waals surface area contributed by atoms with Crippen molar-refractivity contribution in [2.24, 2.45) is 7.05 Å². The summed E-state index contributed by atoms with van der Waals surface area (Å²) in [6.07, 6.45) is 3.01. The van der Waals surface area contributed by atoms with Gasteiger partial charge in [0.15, 0.2) is 0 Å². The van der Waals surface area contributed by atoms with Crippen LogP contribution in [0.2, 0.25) is 0 Å². The van der Waals surface area contributed by atoms with Gasteiger partial charge in [-0.05, 0) is 38.8 Å². The standard InChI is InChI=1S/C22H25N3O3/c1-12-20(26)15-4-7-28-18-10-17-13(9-16(18)19(15)24-21(12)27)8-14(25(17)3)11-23-22(2)5-6-22/h8-10,23H,4-7,11H2,1-3H3,(H2,24,26,27). The Kier molecular flexibility index (Phi) is 3.65. The molecule has 1 aromatic carbocycles. The number of nitrogens with zero attached hydrogens (tertiary/aromatic N) is 1. The molecule has 28 heavy (non-hydrogen) atoms. The lowest BCUT2D eigenvalue weighted by Crippen LogP contribution is -2.27. The van der Waals surface area contributed by atoms with E-state index in [2.05, 4.69) is 41.0 Å². The van der Waals surface area contributed by atoms with Crippen LogP contribution in [0.15, 0.2) is 23.0 Å². The monoisotopic (exact) mass is 379 g/mol. The van der Waals surface area contributed by atoms with Crippen LogP contribution < -0.4 is 15.6 Å². The normalized spacial score (nSPS) is 17.0. The molecule has 0 radical (unpaired) electrons. The molecule has 146 valence electrons. The van der Waals surface area contributed by atoms with Crippen LogP contribution in [0, 0.1) is 6.92 Å². The number of ether oxygens (including phenoxy) is 1. The SMILES string of the molecule is Cc1c(O)c2c([nH]c1=O)-c1cc3cc(CNC4(C)CC4)n(C)c3cc1OCC2. The number of aromatic hydroxyl groups is 1. The Morgan fingerprint density at radius 2 is 2.11 bits per heavy atom. The van der Waals surface area contributed by atoms with Crippen LogP contribution in [0.25, 0.3) is 22.2 Å². The molecule has 2 aromatic heterocycles. The zero-order valence-electron chi connectivity index (χ0n) is 16.5. The number of aryl methyl sites for hydroxylation is 1. The molecular weight excluding hydrogens is 354 g/mol. The lowest BCUT2D eigenvalue weighted by atomic mass is 10.00. The fourth-order valence-corrected chi connectivity index (χ4v) is 4.05. The van der Waals surface area contributed by atoms with Crippen molar-refractivity contribution < 1.29 is 9.84 Å². The molecule has 1 fully saturated rings. The molecule has 0 atom stereocenters. The second-order valence-electron chi connectivity index (χ2n) is 8.40. The van der Waals surface area contributed by atoms with E-state index < -0.39 is 0 Å². The summed E-state index contributed by atoms with van der Waals surface area (Å²) in [6.45, 7) is 5.18. The van der Waals surface area contributed by atoms with Gasteiger partial charge in [-0.2, -0.15) is 0 Å². The third-order valence-electron chi connectivity index (χ3n) is 6.34. The first-order valence-corrected chi connectivity index (χ1v) is 9.81. The maximum atomic E-state index is 12.3. The highest BCUT2D eigenvalue weighted by Crippen LogP contribution is 2.40. The Morgan fingerprint density at radius 3 is 2.86 bits per heavy atom. The molecule has 0 saturated heterocycles. The van der Waals surface area contributed by atoms with Crippen LogP contribution in [0.1, 0.15) is 36.6 Å². The Bertz CT molecular complexity index is 1170. The van der Waals surface area contributed by atoms with E-state index in [4.69, 9.17) is 4.74 Å². The van der Waals surface area contributed by atoms with Crippen molar-refractivity contribution in [3.8, 4) is 22.8 Å². The molecule has 0 spiro atoms. The number of nitrogens with one attached hydrogen (secondary N) is 2. The summed E-state index contributed by atoms with van der Waals surface area (Å²) in [4.78, 5) is 15.2. The summed E-state index contributed by atoms with van der Waals surface area (Å²) in [5.74, 6) is 0.811. The number of rotatable bonds is 3. The number of aromatic amines is 1. The molecule has 0 bridgehead atoms. The average molecular weight is 379 g/mol. The fourth-order valence-electron chi connectivity index (χ4n) is 4.05. The van der Waals surface area contributed by atoms with Gasteiger partial charge in [0.05, 0.1) is 23.4 Å². The molecule has 3 heterocycles. The second kappa shape index (κ2) is 5.88. The first kappa shape index (κ1) is 17.4. The topological polar surface area (TPSA) is 79.3 Å². The van der Waals surface area contributed by atoms with Gasteiger partial charge < -0.3 is 24.7 Å². The number of hydrogen-bond donors (Lipinski definition) is 3. The molecule has 6 heteroatoms. The fraction of sp³-hybridized carbons (Fsp3) is 0.409. The van der Waals surface area contributed by atoms with Crippen molar-refractivity contribution >= 4 is 10.9 Å². The minimum atomic E-state index is -0.264. The molecule has 3 aromatic rings. The Labute approximate surface area is 163 Å². The van der Waals surface area contributed by atoms with Gasteiger partial charge in [0.1, 0.15) is 11.5 Å². The molecule has 5 rings (SSSR count). The highest BCUT2D eigenvalue weighted by Gasteiger charge is 2.36. The maximum Gasteiger partial charge on any atom is 0.255 e. The highest BCUT2D eigenvalue weighted by molar-refractivity contribution is 5.90. The molecule has 0 unspecified atom stereocenters. The first-order valence-electron chi connectivity index (χ1n) is 9.81. The van der Waals surface area contributed by atoms with E-state index in [0.717, 1.165) is 34.3 Å². The molecule has 2 aliphatic rings. The number of aromatic nitrogens is 2. The summed E-state index contributed by atoms with van der Waals surface area (Å²) in [5, 5.41) is 15.2. The second-order valence-corrected chi connectivity index (χ2v) is 8.40. The Hall–Kier alpha value is -2.73. The van der Waals surface area contributed by atoms with Crippen molar-refractivity contribution in [1.29, 1.82) is 0 Å². The third kappa shape index (κ3) is 2.63. The van der Waals surface area contributed by atoms with Crippen molar-refractivity contribution in [3.63, 3.8) is 0 Å². The van der Waals surface area contributed by atoms with Crippen molar-refractivity contribution in [3.05, 3.63) is 45.4 Å². The van der Waals surface area contributed by atoms with Crippen molar-refractivity contribution in [2.75, 3.05) is 6.61 Å². The summed E-state index contributed by atoms with van der Waals surface area (Å²) in [6, 6.07) is 6.28. The van der Waals surface area contributed by atoms with Gasteiger partial charge in [0.2, 0.25) is 0 Å². The van der Waals surface area contributed by atoms with Crippen LogP contribution in [0.4, 0.5) is 0 Å². The number of benzene rings is 1. The number of hydrogen-bond acceptors (Lipinski definition) is 4. The van der Waals surface area contributed by atoms with E-state index >= 15 is 0 Å². The predicted octanol–water partition coefficient (Wildman–Crippen LogP) is 3.12. The zero-order chi connectivity index (χ0) is 19.6. The summed E-state index contributed by atoms with van der Waals surface area (Å²) in [7, 11) is 2.07. The van der Waals surface area contributed by atoms with Gasteiger partial charge in [-0.25, -0.2) is 0 Å². The highest BCUT2D eigenvalue weighted by atomic mass is 16.5.